The Balaban J connectivity index is 1.69. The number of fused-ring (bicyclic) bond motifs is 1. The molecule has 0 saturated carbocycles. The van der Waals surface area contributed by atoms with Crippen LogP contribution in [0.1, 0.15) is 52.2 Å². The molecule has 1 aromatic heterocycles. The van der Waals surface area contributed by atoms with Crippen molar-refractivity contribution in [2.24, 2.45) is 18.9 Å². The van der Waals surface area contributed by atoms with E-state index in [2.05, 4.69) is 21.3 Å². The Bertz CT molecular complexity index is 1700. The summed E-state index contributed by atoms with van der Waals surface area (Å²) in [7, 11) is 3.28. The summed E-state index contributed by atoms with van der Waals surface area (Å²) in [6.07, 6.45) is 0.492. The number of aryl methyl sites for hydroxylation is 1. The van der Waals surface area contributed by atoms with E-state index in [0.717, 1.165) is 16.5 Å². The van der Waals surface area contributed by atoms with E-state index in [1.807, 2.05) is 75.1 Å². The van der Waals surface area contributed by atoms with E-state index in [1.54, 1.807) is 37.8 Å². The van der Waals surface area contributed by atoms with Crippen LogP contribution in [-0.2, 0) is 39.2 Å². The highest BCUT2D eigenvalue weighted by molar-refractivity contribution is 5.94. The molecule has 2 aromatic carbocycles. The van der Waals surface area contributed by atoms with E-state index in [0.29, 0.717) is 17.7 Å². The van der Waals surface area contributed by atoms with E-state index in [4.69, 9.17) is 4.74 Å². The fraction of sp³-hybridized carbons (Fsp3) is 0.486. The molecule has 1 aliphatic heterocycles. The Morgan fingerprint density at radius 3 is 2.16 bits per heavy atom. The van der Waals surface area contributed by atoms with Crippen LogP contribution < -0.4 is 31.6 Å². The van der Waals surface area contributed by atoms with Gasteiger partial charge in [0.1, 0.15) is 23.9 Å². The third kappa shape index (κ3) is 9.91. The summed E-state index contributed by atoms with van der Waals surface area (Å²) in [5.74, 6) is -1.18. The molecule has 0 spiro atoms. The smallest absolute Gasteiger partial charge is 0.255 e. The zero-order valence-corrected chi connectivity index (χ0v) is 29.5. The molecule has 0 unspecified atom stereocenters. The number of ether oxygens (including phenoxy) is 1. The minimum Gasteiger partial charge on any atom is -0.497 e. The van der Waals surface area contributed by atoms with Gasteiger partial charge < -0.3 is 30.6 Å². The first kappa shape index (κ1) is 37.1. The summed E-state index contributed by atoms with van der Waals surface area (Å²) < 4.78 is 6.84. The lowest BCUT2D eigenvalue weighted by Gasteiger charge is -2.31. The topological polar surface area (TPSA) is 151 Å². The van der Waals surface area contributed by atoms with Crippen LogP contribution in [0.3, 0.4) is 0 Å². The molecule has 12 nitrogen and oxygen atoms in total. The molecule has 12 heteroatoms. The van der Waals surface area contributed by atoms with Gasteiger partial charge in [0, 0.05) is 38.2 Å². The highest BCUT2D eigenvalue weighted by atomic mass is 16.5. The third-order valence-electron chi connectivity index (χ3n) is 8.90. The molecule has 1 fully saturated rings. The second-order valence-corrected chi connectivity index (χ2v) is 13.7. The van der Waals surface area contributed by atoms with Gasteiger partial charge in [-0.25, -0.2) is 0 Å². The average molecular weight is 675 g/mol. The van der Waals surface area contributed by atoms with Crippen LogP contribution in [0.4, 0.5) is 0 Å². The minimum atomic E-state index is -1.02. The van der Waals surface area contributed by atoms with Gasteiger partial charge in [0.05, 0.1) is 19.2 Å². The standard InChI is InChI=1S/C37H50N6O6/c1-22(2)16-29-36(47)40-30(17-25-12-14-28(49-7)15-13-25)35(46)38-24(5)34(45)41-31(23(3)4)20-43(21-33(44)39-29)19-27-18-26-10-8-9-11-32(26)42(6)37(27)48/h8-15,18,22-24,29-31H,16-17,19-21H2,1-7H3,(H,38,46)(H,39,44)(H,40,47)(H,41,45)/t24-,29+,30+,31-/m1/s1. The predicted molar refractivity (Wildman–Crippen MR) is 189 cm³/mol. The van der Waals surface area contributed by atoms with E-state index in [9.17, 15) is 24.0 Å². The molecule has 1 aliphatic rings. The molecule has 4 rings (SSSR count). The van der Waals surface area contributed by atoms with Gasteiger partial charge in [-0.15, -0.1) is 0 Å². The van der Waals surface area contributed by atoms with Gasteiger partial charge in [0.15, 0.2) is 0 Å². The number of carbonyl (C=O) groups excluding carboxylic acids is 4. The molecular formula is C37H50N6O6. The fourth-order valence-electron chi connectivity index (χ4n) is 6.04. The second kappa shape index (κ2) is 16.6. The molecule has 0 aliphatic carbocycles. The lowest BCUT2D eigenvalue weighted by molar-refractivity contribution is -0.133. The van der Waals surface area contributed by atoms with Gasteiger partial charge in [0.25, 0.3) is 5.56 Å². The van der Waals surface area contributed by atoms with Crippen molar-refractivity contribution in [2.75, 3.05) is 20.2 Å². The van der Waals surface area contributed by atoms with Crippen molar-refractivity contribution >= 4 is 34.5 Å². The largest absolute Gasteiger partial charge is 0.497 e. The number of hydrogen-bond donors (Lipinski definition) is 4. The van der Waals surface area contributed by atoms with Crippen molar-refractivity contribution in [3.63, 3.8) is 0 Å². The maximum absolute atomic E-state index is 13.8. The fourth-order valence-corrected chi connectivity index (χ4v) is 6.04. The zero-order valence-electron chi connectivity index (χ0n) is 29.5. The number of aromatic nitrogens is 1. The molecule has 0 bridgehead atoms. The summed E-state index contributed by atoms with van der Waals surface area (Å²) in [4.78, 5) is 69.9. The van der Waals surface area contributed by atoms with Crippen LogP contribution in [-0.4, -0.2) is 77.5 Å². The van der Waals surface area contributed by atoms with Crippen LogP contribution in [0.25, 0.3) is 10.9 Å². The first-order chi connectivity index (χ1) is 23.2. The van der Waals surface area contributed by atoms with Gasteiger partial charge in [-0.05, 0) is 60.4 Å². The number of nitrogens with one attached hydrogen (secondary N) is 4. The lowest BCUT2D eigenvalue weighted by atomic mass is 10.0. The minimum absolute atomic E-state index is 0.0488. The number of carbonyl (C=O) groups is 4. The molecule has 4 amide bonds. The van der Waals surface area contributed by atoms with Gasteiger partial charge in [-0.3, -0.25) is 28.9 Å². The van der Waals surface area contributed by atoms with Crippen LogP contribution in [0, 0.1) is 11.8 Å². The highest BCUT2D eigenvalue weighted by Crippen LogP contribution is 2.16. The summed E-state index contributed by atoms with van der Waals surface area (Å²) >= 11 is 0. The van der Waals surface area contributed by atoms with Gasteiger partial charge in [-0.2, -0.15) is 0 Å². The van der Waals surface area contributed by atoms with Crippen molar-refractivity contribution < 1.29 is 23.9 Å². The van der Waals surface area contributed by atoms with Crippen molar-refractivity contribution in [1.29, 1.82) is 0 Å². The predicted octanol–water partition coefficient (Wildman–Crippen LogP) is 2.27. The monoisotopic (exact) mass is 674 g/mol. The highest BCUT2D eigenvalue weighted by Gasteiger charge is 2.32. The Morgan fingerprint density at radius 2 is 1.51 bits per heavy atom. The van der Waals surface area contributed by atoms with E-state index in [1.165, 1.54) is 0 Å². The van der Waals surface area contributed by atoms with Crippen LogP contribution in [0.2, 0.25) is 0 Å². The van der Waals surface area contributed by atoms with Crippen LogP contribution >= 0.6 is 0 Å². The van der Waals surface area contributed by atoms with Crippen LogP contribution in [0.15, 0.2) is 59.4 Å². The molecule has 2 heterocycles. The van der Waals surface area contributed by atoms with Gasteiger partial charge in [0.2, 0.25) is 23.6 Å². The Kier molecular flexibility index (Phi) is 12.6. The molecule has 3 aromatic rings. The molecule has 4 atom stereocenters. The SMILES string of the molecule is COc1ccc(C[C@@H]2NC(=O)[C@H](CC(C)C)NC(=O)CN(Cc3cc4ccccc4n(C)c3=O)C[C@H](C(C)C)NC(=O)[C@@H](C)NC2=O)cc1. The number of nitrogens with zero attached hydrogens (tertiary/aromatic N) is 2. The summed E-state index contributed by atoms with van der Waals surface area (Å²) in [6.45, 7) is 9.67. The normalized spacial score (nSPS) is 21.8. The summed E-state index contributed by atoms with van der Waals surface area (Å²) in [5.41, 5.74) is 1.88. The summed E-state index contributed by atoms with van der Waals surface area (Å²) in [5, 5.41) is 12.5. The first-order valence-corrected chi connectivity index (χ1v) is 16.9. The number of rotatable bonds is 8. The Labute approximate surface area is 288 Å². The molecule has 264 valence electrons. The number of benzene rings is 2. The first-order valence-electron chi connectivity index (χ1n) is 16.9. The molecular weight excluding hydrogens is 624 g/mol. The Morgan fingerprint density at radius 1 is 0.837 bits per heavy atom. The van der Waals surface area contributed by atoms with E-state index >= 15 is 0 Å². The molecule has 1 saturated heterocycles. The van der Waals surface area contributed by atoms with Crippen molar-refractivity contribution in [3.8, 4) is 5.75 Å². The quantitative estimate of drug-likeness (QED) is 0.286. The second-order valence-electron chi connectivity index (χ2n) is 13.7. The number of amides is 4. The summed E-state index contributed by atoms with van der Waals surface area (Å²) in [6, 6.07) is 13.3. The number of pyridine rings is 1. The van der Waals surface area contributed by atoms with Crippen molar-refractivity contribution in [3.05, 3.63) is 76.1 Å². The van der Waals surface area contributed by atoms with Crippen molar-refractivity contribution in [1.82, 2.24) is 30.7 Å². The number of para-hydroxylation sites is 1. The third-order valence-corrected chi connectivity index (χ3v) is 8.90. The van der Waals surface area contributed by atoms with Crippen molar-refractivity contribution in [2.45, 2.75) is 78.2 Å². The average Bonchev–Trinajstić information content (AvgIpc) is 3.05. The van der Waals surface area contributed by atoms with E-state index in [-0.39, 0.29) is 43.5 Å². The molecule has 49 heavy (non-hydrogen) atoms. The molecule has 4 N–H and O–H groups in total. The molecule has 0 radical (unpaired) electrons. The van der Waals surface area contributed by atoms with Gasteiger partial charge >= 0.3 is 0 Å². The Hall–Kier alpha value is -4.71. The zero-order chi connectivity index (χ0) is 35.8. The van der Waals surface area contributed by atoms with Crippen LogP contribution in [0.5, 0.6) is 5.75 Å². The number of methoxy groups -OCH3 is 1. The number of hydrogen-bond acceptors (Lipinski definition) is 7. The lowest BCUT2D eigenvalue weighted by Crippen LogP contribution is -2.57. The van der Waals surface area contributed by atoms with Gasteiger partial charge in [-0.1, -0.05) is 58.0 Å². The maximum atomic E-state index is 13.8. The van der Waals surface area contributed by atoms with E-state index < -0.39 is 47.8 Å². The maximum Gasteiger partial charge on any atom is 0.255 e.